The van der Waals surface area contributed by atoms with Gasteiger partial charge in [-0.3, -0.25) is 19.2 Å². The van der Waals surface area contributed by atoms with Gasteiger partial charge in [-0.15, -0.1) is 13.2 Å². The van der Waals surface area contributed by atoms with E-state index in [1.54, 1.807) is 24.0 Å². The van der Waals surface area contributed by atoms with Crippen molar-refractivity contribution in [1.29, 1.82) is 0 Å². The number of rotatable bonds is 14. The summed E-state index contributed by atoms with van der Waals surface area (Å²) in [6, 6.07) is 4.12. The van der Waals surface area contributed by atoms with Gasteiger partial charge in [-0.05, 0) is 57.6 Å². The number of amides is 3. The zero-order chi connectivity index (χ0) is 31.5. The summed E-state index contributed by atoms with van der Waals surface area (Å²) in [5.41, 5.74) is 1.31. The first-order valence-corrected chi connectivity index (χ1v) is 15.2. The topological polar surface area (TPSA) is 125 Å². The van der Waals surface area contributed by atoms with E-state index >= 15 is 0 Å². The van der Waals surface area contributed by atoms with Crippen LogP contribution in [0.4, 0.5) is 5.69 Å². The molecule has 3 aliphatic rings. The van der Waals surface area contributed by atoms with Crippen LogP contribution in [0.3, 0.4) is 0 Å². The predicted octanol–water partition coefficient (Wildman–Crippen LogP) is 2.98. The number of fused-ring (bicyclic) bond motifs is 1. The maximum Gasteiger partial charge on any atom is 0.312 e. The molecule has 3 heterocycles. The van der Waals surface area contributed by atoms with Gasteiger partial charge >= 0.3 is 5.97 Å². The molecular formula is C33H45N3O7. The number of anilines is 1. The van der Waals surface area contributed by atoms with E-state index in [-0.39, 0.29) is 37.4 Å². The van der Waals surface area contributed by atoms with Gasteiger partial charge in [0.1, 0.15) is 17.7 Å². The lowest BCUT2D eigenvalue weighted by Gasteiger charge is -2.39. The molecule has 0 aromatic heterocycles. The second-order valence-corrected chi connectivity index (χ2v) is 11.9. The van der Waals surface area contributed by atoms with Crippen LogP contribution in [-0.2, 0) is 28.7 Å². The fraction of sp³-hybridized carbons (Fsp3) is 0.576. The third-order valence-corrected chi connectivity index (χ3v) is 9.09. The molecule has 7 atom stereocenters. The molecule has 3 fully saturated rings. The van der Waals surface area contributed by atoms with Gasteiger partial charge in [-0.1, -0.05) is 37.3 Å². The molecule has 3 amide bonds. The van der Waals surface area contributed by atoms with E-state index in [1.165, 1.54) is 4.90 Å². The van der Waals surface area contributed by atoms with Crippen LogP contribution in [0, 0.1) is 25.7 Å². The summed E-state index contributed by atoms with van der Waals surface area (Å²) in [7, 11) is 0. The molecule has 4 rings (SSSR count). The van der Waals surface area contributed by atoms with Crippen LogP contribution in [0.5, 0.6) is 0 Å². The van der Waals surface area contributed by atoms with Crippen LogP contribution in [0.2, 0.25) is 0 Å². The largest absolute Gasteiger partial charge is 0.460 e. The third-order valence-electron chi connectivity index (χ3n) is 9.09. The van der Waals surface area contributed by atoms with E-state index in [9.17, 15) is 24.3 Å². The Morgan fingerprint density at radius 3 is 2.56 bits per heavy atom. The zero-order valence-electron chi connectivity index (χ0n) is 25.7. The van der Waals surface area contributed by atoms with Crippen molar-refractivity contribution in [2.75, 3.05) is 24.6 Å². The Morgan fingerprint density at radius 1 is 1.26 bits per heavy atom. The van der Waals surface area contributed by atoms with Crippen molar-refractivity contribution < 1.29 is 33.8 Å². The minimum absolute atomic E-state index is 0.131. The van der Waals surface area contributed by atoms with Crippen LogP contribution in [0.15, 0.2) is 43.5 Å². The van der Waals surface area contributed by atoms with E-state index in [0.717, 1.165) is 16.8 Å². The van der Waals surface area contributed by atoms with Gasteiger partial charge in [0.2, 0.25) is 11.8 Å². The zero-order valence-corrected chi connectivity index (χ0v) is 25.7. The molecule has 2 bridgehead atoms. The monoisotopic (exact) mass is 595 g/mol. The highest BCUT2D eigenvalue weighted by atomic mass is 16.6. The lowest BCUT2D eigenvalue weighted by atomic mass is 9.70. The Hall–Kier alpha value is -3.50. The van der Waals surface area contributed by atoms with Crippen molar-refractivity contribution in [1.82, 2.24) is 10.2 Å². The Kier molecular flexibility index (Phi) is 10.1. The van der Waals surface area contributed by atoms with Gasteiger partial charge in [-0.2, -0.15) is 0 Å². The molecule has 0 unspecified atom stereocenters. The van der Waals surface area contributed by atoms with Crippen molar-refractivity contribution in [3.63, 3.8) is 0 Å². The molecule has 10 nitrogen and oxygen atoms in total. The van der Waals surface area contributed by atoms with Crippen LogP contribution in [0.1, 0.15) is 57.1 Å². The Labute approximate surface area is 254 Å². The number of allylic oxidation sites excluding steroid dienone is 1. The van der Waals surface area contributed by atoms with E-state index in [0.29, 0.717) is 32.1 Å². The van der Waals surface area contributed by atoms with Gasteiger partial charge in [0, 0.05) is 18.7 Å². The second kappa shape index (κ2) is 13.4. The number of benzene rings is 1. The van der Waals surface area contributed by atoms with E-state index in [2.05, 4.69) is 18.5 Å². The van der Waals surface area contributed by atoms with Gasteiger partial charge < -0.3 is 29.7 Å². The smallest absolute Gasteiger partial charge is 0.312 e. The standard InChI is InChI=1S/C33H45N3O7/c1-7-10-14-25(38)34-18-22(6)42-32(41)26-24-15-16-33(43-24)27(26)30(39)36(23(9-3)19-37)29(33)31(40)35(17-8-2)28-20(4)12-11-13-21(28)5/h7-8,11-13,22-24,26-27,29,37H,1-2,9-10,14-19H2,3-6H3,(H,34,38)/t22-,23+,24+,26-,27-,29+,33-/m1/s1. The van der Waals surface area contributed by atoms with Gasteiger partial charge in [0.25, 0.3) is 5.91 Å². The molecule has 2 N–H and O–H groups in total. The summed E-state index contributed by atoms with van der Waals surface area (Å²) < 4.78 is 12.3. The van der Waals surface area contributed by atoms with E-state index in [1.807, 2.05) is 39.0 Å². The molecule has 43 heavy (non-hydrogen) atoms. The molecule has 3 aliphatic heterocycles. The number of hydrogen-bond acceptors (Lipinski definition) is 7. The van der Waals surface area contributed by atoms with Crippen LogP contribution in [0.25, 0.3) is 0 Å². The third kappa shape index (κ3) is 5.87. The average Bonchev–Trinajstić information content (AvgIpc) is 3.62. The highest BCUT2D eigenvalue weighted by Gasteiger charge is 2.75. The first kappa shape index (κ1) is 32.4. The summed E-state index contributed by atoms with van der Waals surface area (Å²) in [5.74, 6) is -3.29. The van der Waals surface area contributed by atoms with Crippen molar-refractivity contribution in [2.24, 2.45) is 11.8 Å². The van der Waals surface area contributed by atoms with Crippen molar-refractivity contribution in [3.05, 3.63) is 54.6 Å². The molecule has 0 saturated carbocycles. The molecule has 0 aliphatic carbocycles. The molecule has 1 aromatic carbocycles. The Balaban J connectivity index is 1.66. The van der Waals surface area contributed by atoms with Crippen LogP contribution < -0.4 is 10.2 Å². The SMILES string of the molecule is C=CCCC(=O)NC[C@@H](C)OC(=O)[C@@H]1[C@@H]2CC[C@]3(O2)[C@H](C(=O)N(CC=C)c2c(C)cccc2C)N([C@@H](CC)CO)C(=O)[C@@H]13. The number of hydrogen-bond donors (Lipinski definition) is 2. The number of carbonyl (C=O) groups excluding carboxylic acids is 4. The summed E-state index contributed by atoms with van der Waals surface area (Å²) in [5, 5.41) is 13.1. The number of para-hydroxylation sites is 1. The summed E-state index contributed by atoms with van der Waals surface area (Å²) in [6.45, 7) is 14.9. The molecule has 1 aromatic rings. The summed E-state index contributed by atoms with van der Waals surface area (Å²) in [4.78, 5) is 57.7. The molecular weight excluding hydrogens is 550 g/mol. The number of nitrogens with one attached hydrogen (secondary N) is 1. The second-order valence-electron chi connectivity index (χ2n) is 11.9. The number of esters is 1. The fourth-order valence-electron chi connectivity index (χ4n) is 7.14. The van der Waals surface area contributed by atoms with Crippen LogP contribution >= 0.6 is 0 Å². The molecule has 1 spiro atoms. The highest BCUT2D eigenvalue weighted by Crippen LogP contribution is 2.59. The van der Waals surface area contributed by atoms with Crippen molar-refractivity contribution in [2.45, 2.75) is 89.7 Å². The predicted molar refractivity (Wildman–Crippen MR) is 162 cm³/mol. The first-order chi connectivity index (χ1) is 20.6. The van der Waals surface area contributed by atoms with Gasteiger partial charge in [0.15, 0.2) is 0 Å². The molecule has 3 saturated heterocycles. The maximum absolute atomic E-state index is 14.7. The lowest BCUT2D eigenvalue weighted by Crippen LogP contribution is -2.59. The molecule has 234 valence electrons. The summed E-state index contributed by atoms with van der Waals surface area (Å²) in [6.07, 6.45) is 4.28. The summed E-state index contributed by atoms with van der Waals surface area (Å²) >= 11 is 0. The minimum atomic E-state index is -1.23. The number of nitrogens with zero attached hydrogens (tertiary/aromatic N) is 2. The number of carbonyl (C=O) groups is 4. The quantitative estimate of drug-likeness (QED) is 0.250. The van der Waals surface area contributed by atoms with Gasteiger partial charge in [-0.25, -0.2) is 0 Å². The minimum Gasteiger partial charge on any atom is -0.460 e. The Bertz CT molecular complexity index is 1240. The van der Waals surface area contributed by atoms with E-state index in [4.69, 9.17) is 9.47 Å². The lowest BCUT2D eigenvalue weighted by molar-refractivity contribution is -0.159. The normalized spacial score (nSPS) is 26.9. The van der Waals surface area contributed by atoms with Crippen LogP contribution in [-0.4, -0.2) is 83.3 Å². The van der Waals surface area contributed by atoms with Crippen molar-refractivity contribution in [3.8, 4) is 0 Å². The van der Waals surface area contributed by atoms with E-state index < -0.39 is 47.7 Å². The number of aliphatic hydroxyl groups excluding tert-OH is 1. The first-order valence-electron chi connectivity index (χ1n) is 15.2. The highest BCUT2D eigenvalue weighted by molar-refractivity contribution is 6.05. The molecule has 0 radical (unpaired) electrons. The fourth-order valence-corrected chi connectivity index (χ4v) is 7.14. The number of aliphatic hydroxyl groups is 1. The average molecular weight is 596 g/mol. The van der Waals surface area contributed by atoms with Gasteiger partial charge in [0.05, 0.1) is 37.1 Å². The maximum atomic E-state index is 14.7. The van der Waals surface area contributed by atoms with Crippen molar-refractivity contribution >= 4 is 29.4 Å². The molecule has 10 heteroatoms. The number of aryl methyl sites for hydroxylation is 2. The number of likely N-dealkylation sites (tertiary alicyclic amines) is 1. The number of ether oxygens (including phenoxy) is 2. The Morgan fingerprint density at radius 2 is 1.95 bits per heavy atom.